The minimum Gasteiger partial charge on any atom is -0.481 e. The van der Waals surface area contributed by atoms with E-state index < -0.39 is 16.5 Å². The summed E-state index contributed by atoms with van der Waals surface area (Å²) in [7, 11) is -1.43. The third-order valence-corrected chi connectivity index (χ3v) is 6.10. The number of halogens is 1. The first-order valence-corrected chi connectivity index (χ1v) is 10.6. The first-order valence-electron chi connectivity index (χ1n) is 9.38. The van der Waals surface area contributed by atoms with Crippen molar-refractivity contribution in [2.75, 3.05) is 20.2 Å². The average Bonchev–Trinajstić information content (AvgIpc) is 3.04. The molecule has 1 aromatic carbocycles. The quantitative estimate of drug-likeness (QED) is 0.469. The fourth-order valence-corrected chi connectivity index (χ4v) is 4.17. The van der Waals surface area contributed by atoms with Gasteiger partial charge < -0.3 is 14.6 Å². The van der Waals surface area contributed by atoms with Gasteiger partial charge in [-0.05, 0) is 23.8 Å². The van der Waals surface area contributed by atoms with Crippen LogP contribution in [0.2, 0.25) is 0 Å². The maximum atomic E-state index is 14.3. The molecule has 30 heavy (non-hydrogen) atoms. The van der Waals surface area contributed by atoms with E-state index in [1.54, 1.807) is 25.4 Å². The third kappa shape index (κ3) is 3.08. The summed E-state index contributed by atoms with van der Waals surface area (Å²) in [6.07, 6.45) is 1.68. The highest BCUT2D eigenvalue weighted by Crippen LogP contribution is 2.30. The topological polar surface area (TPSA) is 99.0 Å². The number of aromatic nitrogens is 4. The number of ether oxygens (including phenoxy) is 1. The van der Waals surface area contributed by atoms with Gasteiger partial charge in [-0.1, -0.05) is 6.07 Å². The molecule has 0 amide bonds. The lowest BCUT2D eigenvalue weighted by Crippen LogP contribution is -2.41. The lowest BCUT2D eigenvalue weighted by Gasteiger charge is -2.27. The summed E-state index contributed by atoms with van der Waals surface area (Å²) in [5, 5.41) is 4.07. The summed E-state index contributed by atoms with van der Waals surface area (Å²) in [6, 6.07) is 7.85. The van der Waals surface area contributed by atoms with E-state index in [0.29, 0.717) is 23.6 Å². The van der Waals surface area contributed by atoms with E-state index in [0.717, 1.165) is 35.3 Å². The number of imidazole rings is 1. The molecule has 0 radical (unpaired) electrons. The number of benzene rings is 1. The van der Waals surface area contributed by atoms with Crippen LogP contribution in [-0.2, 0) is 17.2 Å². The summed E-state index contributed by atoms with van der Waals surface area (Å²) >= 11 is 0. The van der Waals surface area contributed by atoms with Crippen LogP contribution >= 0.6 is 0 Å². The molecular weight excluding hydrogens is 409 g/mol. The Balaban J connectivity index is 1.70. The molecule has 0 aliphatic carbocycles. The van der Waals surface area contributed by atoms with E-state index in [9.17, 15) is 12.8 Å². The van der Waals surface area contributed by atoms with Crippen LogP contribution in [0.4, 0.5) is 4.39 Å². The molecule has 1 N–H and O–H groups in total. The van der Waals surface area contributed by atoms with E-state index in [2.05, 4.69) is 15.3 Å². The molecule has 3 aromatic heterocycles. The Labute approximate surface area is 172 Å². The number of fused-ring (bicyclic) bond motifs is 3. The van der Waals surface area contributed by atoms with Crippen molar-refractivity contribution in [1.82, 2.24) is 24.8 Å². The van der Waals surface area contributed by atoms with Crippen LogP contribution in [0, 0.1) is 5.82 Å². The number of thiol groups is 1. The Morgan fingerprint density at radius 2 is 2.07 bits per heavy atom. The zero-order valence-corrected chi connectivity index (χ0v) is 16.9. The van der Waals surface area contributed by atoms with Gasteiger partial charge in [0.2, 0.25) is 5.88 Å². The molecule has 0 spiro atoms. The van der Waals surface area contributed by atoms with Crippen molar-refractivity contribution >= 4 is 32.8 Å². The third-order valence-electron chi connectivity index (χ3n) is 5.34. The number of methoxy groups -OCH3 is 1. The number of rotatable bonds is 5. The highest BCUT2D eigenvalue weighted by Gasteiger charge is 2.27. The van der Waals surface area contributed by atoms with E-state index in [1.165, 1.54) is 12.1 Å². The number of nitrogens with zero attached hydrogens (tertiary/aromatic N) is 4. The molecule has 5 rings (SSSR count). The van der Waals surface area contributed by atoms with E-state index >= 15 is 0 Å². The van der Waals surface area contributed by atoms with Crippen molar-refractivity contribution in [3.8, 4) is 5.88 Å². The first kappa shape index (κ1) is 18.9. The minimum atomic E-state index is -2.98. The van der Waals surface area contributed by atoms with Crippen molar-refractivity contribution in [3.05, 3.63) is 53.7 Å². The van der Waals surface area contributed by atoms with Gasteiger partial charge in [0.05, 0.1) is 23.7 Å². The van der Waals surface area contributed by atoms with Gasteiger partial charge in [-0.25, -0.2) is 22.8 Å². The van der Waals surface area contributed by atoms with Crippen LogP contribution in [0.5, 0.6) is 5.88 Å². The van der Waals surface area contributed by atoms with Gasteiger partial charge in [0, 0.05) is 37.0 Å². The molecule has 0 bridgehead atoms. The second-order valence-electron chi connectivity index (χ2n) is 7.17. The van der Waals surface area contributed by atoms with E-state index in [4.69, 9.17) is 9.72 Å². The zero-order chi connectivity index (χ0) is 20.8. The van der Waals surface area contributed by atoms with Gasteiger partial charge in [0.15, 0.2) is 16.4 Å². The standard InChI is InChI=1S/C20H18FN5O3S/c1-29-17-5-3-13-18-15(9-23-19(13)25-17)24-20(12-7-22-8-12)26(18)10-11-2-4-16(30(27)28)14(21)6-11/h2-6,9,12,22,30H,7-8,10H2,1H3. The molecule has 154 valence electrons. The molecular formula is C20H18FN5O3S. The van der Waals surface area contributed by atoms with E-state index in [-0.39, 0.29) is 10.8 Å². The second kappa shape index (κ2) is 7.29. The van der Waals surface area contributed by atoms with Crippen molar-refractivity contribution in [2.45, 2.75) is 17.4 Å². The van der Waals surface area contributed by atoms with Crippen LogP contribution in [0.3, 0.4) is 0 Å². The Morgan fingerprint density at radius 3 is 2.73 bits per heavy atom. The molecule has 4 aromatic rings. The SMILES string of the molecule is COc1ccc2c(ncc3nc(C4CNC4)n(Cc4ccc([SH](=O)=O)c(F)c4)c32)n1. The van der Waals surface area contributed by atoms with E-state index in [1.807, 2.05) is 10.6 Å². The molecule has 10 heteroatoms. The fourth-order valence-electron chi connectivity index (χ4n) is 3.74. The van der Waals surface area contributed by atoms with Crippen LogP contribution in [0.1, 0.15) is 17.3 Å². The maximum Gasteiger partial charge on any atom is 0.215 e. The molecule has 0 unspecified atom stereocenters. The molecule has 0 atom stereocenters. The molecule has 0 saturated carbocycles. The molecule has 1 fully saturated rings. The first-order chi connectivity index (χ1) is 14.5. The Kier molecular flexibility index (Phi) is 4.59. The Bertz CT molecular complexity index is 1360. The second-order valence-corrected chi connectivity index (χ2v) is 8.17. The van der Waals surface area contributed by atoms with Crippen LogP contribution < -0.4 is 10.1 Å². The van der Waals surface area contributed by atoms with Gasteiger partial charge in [-0.15, -0.1) is 0 Å². The number of hydrogen-bond acceptors (Lipinski definition) is 7. The van der Waals surface area contributed by atoms with Crippen LogP contribution in [-0.4, -0.2) is 48.1 Å². The maximum absolute atomic E-state index is 14.3. The number of pyridine rings is 2. The highest BCUT2D eigenvalue weighted by molar-refractivity contribution is 7.72. The zero-order valence-electron chi connectivity index (χ0n) is 16.0. The number of hydrogen-bond donors (Lipinski definition) is 2. The van der Waals surface area contributed by atoms with Crippen LogP contribution in [0.25, 0.3) is 22.1 Å². The Hall–Kier alpha value is -3.11. The Morgan fingerprint density at radius 1 is 1.23 bits per heavy atom. The van der Waals surface area contributed by atoms with Crippen molar-refractivity contribution < 1.29 is 17.5 Å². The van der Waals surface area contributed by atoms with Crippen molar-refractivity contribution in [3.63, 3.8) is 0 Å². The van der Waals surface area contributed by atoms with Gasteiger partial charge >= 0.3 is 0 Å². The lowest BCUT2D eigenvalue weighted by atomic mass is 10.0. The van der Waals surface area contributed by atoms with Crippen molar-refractivity contribution in [2.24, 2.45) is 0 Å². The molecule has 1 saturated heterocycles. The van der Waals surface area contributed by atoms with Crippen LogP contribution in [0.15, 0.2) is 41.4 Å². The summed E-state index contributed by atoms with van der Waals surface area (Å²) < 4.78 is 43.8. The average molecular weight is 427 g/mol. The fraction of sp³-hybridized carbons (Fsp3) is 0.250. The van der Waals surface area contributed by atoms with Gasteiger partial charge in [-0.2, -0.15) is 4.98 Å². The summed E-state index contributed by atoms with van der Waals surface area (Å²) in [5.41, 5.74) is 2.77. The number of nitrogens with one attached hydrogen (secondary N) is 1. The smallest absolute Gasteiger partial charge is 0.215 e. The van der Waals surface area contributed by atoms with Gasteiger partial charge in [-0.3, -0.25) is 0 Å². The van der Waals surface area contributed by atoms with Crippen molar-refractivity contribution in [1.29, 1.82) is 0 Å². The predicted octanol–water partition coefficient (Wildman–Crippen LogP) is 1.83. The molecule has 4 heterocycles. The molecule has 1 aliphatic heterocycles. The summed E-state index contributed by atoms with van der Waals surface area (Å²) in [6.45, 7) is 1.97. The summed E-state index contributed by atoms with van der Waals surface area (Å²) in [4.78, 5) is 13.3. The normalized spacial score (nSPS) is 14.5. The highest BCUT2D eigenvalue weighted by atomic mass is 32.2. The molecule has 8 nitrogen and oxygen atoms in total. The van der Waals surface area contributed by atoms with Gasteiger partial charge in [0.25, 0.3) is 0 Å². The monoisotopic (exact) mass is 427 g/mol. The lowest BCUT2D eigenvalue weighted by molar-refractivity contribution is 0.399. The molecule has 1 aliphatic rings. The predicted molar refractivity (Wildman–Crippen MR) is 109 cm³/mol. The summed E-state index contributed by atoms with van der Waals surface area (Å²) in [5.74, 6) is 0.832. The van der Waals surface area contributed by atoms with Gasteiger partial charge in [0.1, 0.15) is 17.2 Å². The minimum absolute atomic E-state index is 0.235. The largest absolute Gasteiger partial charge is 0.481 e.